The zero-order valence-corrected chi connectivity index (χ0v) is 7.34. The lowest BCUT2D eigenvalue weighted by Gasteiger charge is -2.17. The zero-order chi connectivity index (χ0) is 8.97. The first-order chi connectivity index (χ1) is 5.75. The smallest absolute Gasteiger partial charge is 0.137 e. The van der Waals surface area contributed by atoms with Gasteiger partial charge in [0.25, 0.3) is 0 Å². The van der Waals surface area contributed by atoms with Crippen molar-refractivity contribution in [1.82, 2.24) is 14.8 Å². The Labute approximate surface area is 71.6 Å². The standard InChI is InChI=1S/C8H13N3O/c1-7(2)8(3-4-12)11-6-9-5-10-11/h4-8H,3H2,1-2H3. The first-order valence-corrected chi connectivity index (χ1v) is 4.03. The number of nitrogens with zero attached hydrogens (tertiary/aromatic N) is 3. The normalized spacial score (nSPS) is 13.2. The number of hydrogen-bond donors (Lipinski definition) is 0. The highest BCUT2D eigenvalue weighted by Gasteiger charge is 2.14. The molecule has 0 aromatic carbocycles. The maximum absolute atomic E-state index is 10.4. The van der Waals surface area contributed by atoms with E-state index in [-0.39, 0.29) is 6.04 Å². The molecule has 4 heteroatoms. The number of aldehydes is 1. The third-order valence-corrected chi connectivity index (χ3v) is 1.88. The first kappa shape index (κ1) is 8.90. The Morgan fingerprint density at radius 1 is 1.58 bits per heavy atom. The Kier molecular flexibility index (Phi) is 2.96. The maximum Gasteiger partial charge on any atom is 0.137 e. The van der Waals surface area contributed by atoms with Crippen LogP contribution in [0.25, 0.3) is 0 Å². The molecule has 0 radical (unpaired) electrons. The van der Waals surface area contributed by atoms with Gasteiger partial charge >= 0.3 is 0 Å². The van der Waals surface area contributed by atoms with Crippen molar-refractivity contribution in [3.05, 3.63) is 12.7 Å². The SMILES string of the molecule is CC(C)C(CC=O)n1cncn1. The third kappa shape index (κ3) is 1.90. The summed E-state index contributed by atoms with van der Waals surface area (Å²) in [6.45, 7) is 4.13. The zero-order valence-electron chi connectivity index (χ0n) is 7.34. The van der Waals surface area contributed by atoms with E-state index in [2.05, 4.69) is 23.9 Å². The summed E-state index contributed by atoms with van der Waals surface area (Å²) < 4.78 is 1.74. The topological polar surface area (TPSA) is 47.8 Å². The molecule has 0 saturated heterocycles. The Bertz CT molecular complexity index is 230. The first-order valence-electron chi connectivity index (χ1n) is 4.03. The van der Waals surface area contributed by atoms with Crippen LogP contribution in [0.4, 0.5) is 0 Å². The molecule has 0 aliphatic heterocycles. The van der Waals surface area contributed by atoms with Gasteiger partial charge in [0, 0.05) is 6.42 Å². The van der Waals surface area contributed by atoms with Gasteiger partial charge < -0.3 is 4.79 Å². The second-order valence-electron chi connectivity index (χ2n) is 3.09. The Hall–Kier alpha value is -1.19. The van der Waals surface area contributed by atoms with E-state index in [1.807, 2.05) is 0 Å². The second kappa shape index (κ2) is 3.99. The van der Waals surface area contributed by atoms with E-state index in [9.17, 15) is 4.79 Å². The van der Waals surface area contributed by atoms with Crippen LogP contribution < -0.4 is 0 Å². The molecule has 0 N–H and O–H groups in total. The van der Waals surface area contributed by atoms with Crippen LogP contribution in [0.2, 0.25) is 0 Å². The van der Waals surface area contributed by atoms with Gasteiger partial charge in [-0.15, -0.1) is 0 Å². The summed E-state index contributed by atoms with van der Waals surface area (Å²) in [5.41, 5.74) is 0. The molecule has 1 aromatic rings. The van der Waals surface area contributed by atoms with Crippen LogP contribution >= 0.6 is 0 Å². The van der Waals surface area contributed by atoms with Gasteiger partial charge in [-0.2, -0.15) is 5.10 Å². The highest BCUT2D eigenvalue weighted by Crippen LogP contribution is 2.18. The molecule has 1 aromatic heterocycles. The van der Waals surface area contributed by atoms with E-state index in [4.69, 9.17) is 0 Å². The highest BCUT2D eigenvalue weighted by molar-refractivity contribution is 5.50. The molecule has 4 nitrogen and oxygen atoms in total. The van der Waals surface area contributed by atoms with Crippen LogP contribution in [-0.2, 0) is 4.79 Å². The minimum Gasteiger partial charge on any atom is -0.303 e. The van der Waals surface area contributed by atoms with E-state index in [0.717, 1.165) is 6.29 Å². The van der Waals surface area contributed by atoms with Crippen molar-refractivity contribution in [2.24, 2.45) is 5.92 Å². The van der Waals surface area contributed by atoms with Gasteiger partial charge in [0.2, 0.25) is 0 Å². The van der Waals surface area contributed by atoms with Crippen molar-refractivity contribution in [1.29, 1.82) is 0 Å². The van der Waals surface area contributed by atoms with Crippen molar-refractivity contribution in [2.75, 3.05) is 0 Å². The van der Waals surface area contributed by atoms with Gasteiger partial charge in [-0.05, 0) is 5.92 Å². The van der Waals surface area contributed by atoms with Crippen LogP contribution in [0, 0.1) is 5.92 Å². The van der Waals surface area contributed by atoms with Crippen LogP contribution in [0.5, 0.6) is 0 Å². The predicted octanol–water partition coefficient (Wildman–Crippen LogP) is 1.06. The fourth-order valence-electron chi connectivity index (χ4n) is 1.17. The molecule has 0 spiro atoms. The lowest BCUT2D eigenvalue weighted by molar-refractivity contribution is -0.108. The molecule has 1 atom stereocenters. The summed E-state index contributed by atoms with van der Waals surface area (Å²) in [5.74, 6) is 0.400. The average molecular weight is 167 g/mol. The van der Waals surface area contributed by atoms with Gasteiger partial charge in [0.1, 0.15) is 18.9 Å². The summed E-state index contributed by atoms with van der Waals surface area (Å²) >= 11 is 0. The van der Waals surface area contributed by atoms with Crippen molar-refractivity contribution in [2.45, 2.75) is 26.3 Å². The Balaban J connectivity index is 2.73. The molecular weight excluding hydrogens is 154 g/mol. The van der Waals surface area contributed by atoms with Gasteiger partial charge in [0.05, 0.1) is 6.04 Å². The molecule has 1 unspecified atom stereocenters. The fourth-order valence-corrected chi connectivity index (χ4v) is 1.17. The monoisotopic (exact) mass is 167 g/mol. The summed E-state index contributed by atoms with van der Waals surface area (Å²) in [6, 6.07) is 0.144. The predicted molar refractivity (Wildman–Crippen MR) is 44.6 cm³/mol. The van der Waals surface area contributed by atoms with Crippen molar-refractivity contribution in [3.63, 3.8) is 0 Å². The minimum atomic E-state index is 0.144. The van der Waals surface area contributed by atoms with Gasteiger partial charge in [-0.3, -0.25) is 0 Å². The lowest BCUT2D eigenvalue weighted by atomic mass is 10.0. The molecule has 0 amide bonds. The summed E-state index contributed by atoms with van der Waals surface area (Å²) in [7, 11) is 0. The number of carbonyl (C=O) groups is 1. The van der Waals surface area contributed by atoms with Crippen LogP contribution in [-0.4, -0.2) is 21.1 Å². The molecule has 66 valence electrons. The number of hydrogen-bond acceptors (Lipinski definition) is 3. The van der Waals surface area contributed by atoms with Crippen LogP contribution in [0.1, 0.15) is 26.3 Å². The highest BCUT2D eigenvalue weighted by atomic mass is 16.1. The van der Waals surface area contributed by atoms with Gasteiger partial charge in [-0.1, -0.05) is 13.8 Å². The Morgan fingerprint density at radius 2 is 2.33 bits per heavy atom. The van der Waals surface area contributed by atoms with Crippen molar-refractivity contribution >= 4 is 6.29 Å². The third-order valence-electron chi connectivity index (χ3n) is 1.88. The molecule has 0 fully saturated rings. The van der Waals surface area contributed by atoms with Crippen LogP contribution in [0.15, 0.2) is 12.7 Å². The average Bonchev–Trinajstić information content (AvgIpc) is 2.51. The molecule has 0 aliphatic rings. The number of rotatable bonds is 4. The fraction of sp³-hybridized carbons (Fsp3) is 0.625. The molecule has 1 rings (SSSR count). The molecule has 1 heterocycles. The summed E-state index contributed by atoms with van der Waals surface area (Å²) in [5, 5.41) is 4.00. The van der Waals surface area contributed by atoms with Crippen LogP contribution in [0.3, 0.4) is 0 Å². The Morgan fingerprint density at radius 3 is 2.75 bits per heavy atom. The lowest BCUT2D eigenvalue weighted by Crippen LogP contribution is -2.16. The van der Waals surface area contributed by atoms with Crippen molar-refractivity contribution < 1.29 is 4.79 Å². The quantitative estimate of drug-likeness (QED) is 0.630. The van der Waals surface area contributed by atoms with Gasteiger partial charge in [-0.25, -0.2) is 9.67 Å². The molecule has 12 heavy (non-hydrogen) atoms. The molecule has 0 saturated carbocycles. The van der Waals surface area contributed by atoms with Crippen molar-refractivity contribution in [3.8, 4) is 0 Å². The minimum absolute atomic E-state index is 0.144. The van der Waals surface area contributed by atoms with E-state index in [0.29, 0.717) is 12.3 Å². The largest absolute Gasteiger partial charge is 0.303 e. The number of carbonyl (C=O) groups excluding carboxylic acids is 1. The second-order valence-corrected chi connectivity index (χ2v) is 3.09. The summed E-state index contributed by atoms with van der Waals surface area (Å²) in [6.07, 6.45) is 4.56. The molecule has 0 aliphatic carbocycles. The number of aromatic nitrogens is 3. The van der Waals surface area contributed by atoms with E-state index in [1.165, 1.54) is 6.33 Å². The van der Waals surface area contributed by atoms with E-state index >= 15 is 0 Å². The van der Waals surface area contributed by atoms with E-state index < -0.39 is 0 Å². The molecule has 0 bridgehead atoms. The van der Waals surface area contributed by atoms with Gasteiger partial charge in [0.15, 0.2) is 0 Å². The van der Waals surface area contributed by atoms with E-state index in [1.54, 1.807) is 11.0 Å². The summed E-state index contributed by atoms with van der Waals surface area (Å²) in [4.78, 5) is 14.2. The molecular formula is C8H13N3O. The maximum atomic E-state index is 10.4.